The largest absolute Gasteiger partial charge is 0.369 e. The zero-order valence-electron chi connectivity index (χ0n) is 14.1. The minimum Gasteiger partial charge on any atom is -0.369 e. The van der Waals surface area contributed by atoms with Gasteiger partial charge in [0.25, 0.3) is 0 Å². The van der Waals surface area contributed by atoms with Crippen LogP contribution in [-0.2, 0) is 0 Å². The van der Waals surface area contributed by atoms with Gasteiger partial charge in [0, 0.05) is 31.4 Å². The van der Waals surface area contributed by atoms with Crippen LogP contribution in [0.1, 0.15) is 33.1 Å². The fraction of sp³-hybridized carbons (Fsp3) is 0.500. The number of benzene rings is 1. The maximum Gasteiger partial charge on any atom is 0.125 e. The lowest BCUT2D eigenvalue weighted by Crippen LogP contribution is -2.47. The lowest BCUT2D eigenvalue weighted by atomic mass is 9.92. The van der Waals surface area contributed by atoms with E-state index in [9.17, 15) is 4.39 Å². The molecule has 1 aromatic carbocycles. The summed E-state index contributed by atoms with van der Waals surface area (Å²) >= 11 is 0. The van der Waals surface area contributed by atoms with Crippen molar-refractivity contribution in [2.75, 3.05) is 24.5 Å². The monoisotopic (exact) mass is 313 g/mol. The highest BCUT2D eigenvalue weighted by Crippen LogP contribution is 2.20. The van der Waals surface area contributed by atoms with Crippen molar-refractivity contribution in [3.8, 4) is 0 Å². The maximum absolute atomic E-state index is 13.4. The maximum atomic E-state index is 13.4. The first kappa shape index (κ1) is 17.6. The number of aliphatic imine (C=N–C) groups is 1. The average molecular weight is 313 g/mol. The number of nitrogens with one attached hydrogen (secondary N) is 1. The van der Waals surface area contributed by atoms with Crippen molar-refractivity contribution < 1.29 is 4.39 Å². The standard InChI is InChI=1S/C18H25BFN3/c1-3-14(19)11-18(21-4-2)22-16-8-6-10-23(13-16)17-9-5-7-15(20)12-17/h5,7,9,11-12,16H,3-4,6,8,10,13H2,1-2H3,(H,21,22)/b14-11+/t16-/m1/s1. The van der Waals surface area contributed by atoms with Crippen LogP contribution in [0.25, 0.3) is 0 Å². The molecule has 1 N–H and O–H groups in total. The highest BCUT2D eigenvalue weighted by molar-refractivity contribution is 6.23. The number of allylic oxidation sites excluding steroid dienone is 1. The Kier molecular flexibility index (Phi) is 6.69. The molecule has 23 heavy (non-hydrogen) atoms. The van der Waals surface area contributed by atoms with Crippen LogP contribution in [0.4, 0.5) is 10.1 Å². The van der Waals surface area contributed by atoms with Gasteiger partial charge in [-0.1, -0.05) is 13.0 Å². The first-order valence-electron chi connectivity index (χ1n) is 8.40. The molecule has 3 nitrogen and oxygen atoms in total. The van der Waals surface area contributed by atoms with Crippen molar-refractivity contribution in [3.63, 3.8) is 0 Å². The second kappa shape index (κ2) is 8.75. The summed E-state index contributed by atoms with van der Waals surface area (Å²) < 4.78 is 13.4. The van der Waals surface area contributed by atoms with Crippen molar-refractivity contribution in [2.45, 2.75) is 39.2 Å². The highest BCUT2D eigenvalue weighted by atomic mass is 19.1. The van der Waals surface area contributed by atoms with Gasteiger partial charge in [0.2, 0.25) is 0 Å². The molecule has 0 bridgehead atoms. The van der Waals surface area contributed by atoms with Crippen molar-refractivity contribution in [3.05, 3.63) is 41.6 Å². The summed E-state index contributed by atoms with van der Waals surface area (Å²) in [5, 5.41) is 3.49. The van der Waals surface area contributed by atoms with Crippen LogP contribution in [0.2, 0.25) is 0 Å². The Bertz CT molecular complexity index is 571. The van der Waals surface area contributed by atoms with Crippen molar-refractivity contribution in [1.82, 2.24) is 5.32 Å². The Hall–Kier alpha value is -1.78. The minimum absolute atomic E-state index is 0.190. The second-order valence-electron chi connectivity index (χ2n) is 5.84. The van der Waals surface area contributed by atoms with E-state index in [-0.39, 0.29) is 5.82 Å². The normalized spacial score (nSPS) is 19.8. The summed E-state index contributed by atoms with van der Waals surface area (Å²) in [6.45, 7) is 6.55. The Morgan fingerprint density at radius 3 is 3.00 bits per heavy atom. The molecular weight excluding hydrogens is 288 g/mol. The molecule has 0 aromatic heterocycles. The van der Waals surface area contributed by atoms with E-state index in [2.05, 4.69) is 15.2 Å². The molecule has 0 spiro atoms. The quantitative estimate of drug-likeness (QED) is 0.513. The van der Waals surface area contributed by atoms with E-state index in [1.165, 1.54) is 6.07 Å². The molecule has 1 atom stereocenters. The molecule has 5 heteroatoms. The van der Waals surface area contributed by atoms with Crippen LogP contribution in [-0.4, -0.2) is 39.4 Å². The summed E-state index contributed by atoms with van der Waals surface area (Å²) in [5.74, 6) is 0.655. The molecule has 1 aliphatic heterocycles. The fourth-order valence-electron chi connectivity index (χ4n) is 2.79. The summed E-state index contributed by atoms with van der Waals surface area (Å²) in [7, 11) is 5.93. The molecule has 0 unspecified atom stereocenters. The van der Waals surface area contributed by atoms with Gasteiger partial charge >= 0.3 is 0 Å². The van der Waals surface area contributed by atoms with Gasteiger partial charge in [-0.3, -0.25) is 4.99 Å². The third kappa shape index (κ3) is 5.41. The zero-order chi connectivity index (χ0) is 16.7. The van der Waals surface area contributed by atoms with E-state index in [0.717, 1.165) is 55.9 Å². The van der Waals surface area contributed by atoms with E-state index >= 15 is 0 Å². The topological polar surface area (TPSA) is 27.6 Å². The Morgan fingerprint density at radius 2 is 2.30 bits per heavy atom. The fourth-order valence-corrected chi connectivity index (χ4v) is 2.79. The number of nitrogens with zero attached hydrogens (tertiary/aromatic N) is 2. The highest BCUT2D eigenvalue weighted by Gasteiger charge is 2.20. The smallest absolute Gasteiger partial charge is 0.125 e. The molecule has 1 aromatic rings. The van der Waals surface area contributed by atoms with Gasteiger partial charge in [-0.15, -0.1) is 5.47 Å². The summed E-state index contributed by atoms with van der Waals surface area (Å²) in [5.41, 5.74) is 1.76. The first-order valence-corrected chi connectivity index (χ1v) is 8.40. The Balaban J connectivity index is 2.04. The van der Waals surface area contributed by atoms with Gasteiger partial charge in [-0.05, 0) is 50.5 Å². The Labute approximate surface area is 140 Å². The van der Waals surface area contributed by atoms with Crippen LogP contribution < -0.4 is 10.2 Å². The van der Waals surface area contributed by atoms with Crippen LogP contribution in [0.3, 0.4) is 0 Å². The number of piperidine rings is 1. The SMILES string of the molecule is [B]/C(=C/C(=NCC)N[C@@H]1CCCN(c2cccc(F)c2)C1)CC. The lowest BCUT2D eigenvalue weighted by Gasteiger charge is -2.35. The molecule has 1 fully saturated rings. The number of hydrogen-bond donors (Lipinski definition) is 1. The zero-order valence-corrected chi connectivity index (χ0v) is 14.1. The van der Waals surface area contributed by atoms with Crippen LogP contribution in [0.5, 0.6) is 0 Å². The molecule has 1 heterocycles. The molecule has 1 aliphatic rings. The van der Waals surface area contributed by atoms with Crippen LogP contribution in [0.15, 0.2) is 40.8 Å². The number of anilines is 1. The van der Waals surface area contributed by atoms with Gasteiger partial charge in [0.05, 0.1) is 0 Å². The molecule has 1 saturated heterocycles. The molecular formula is C18H25BFN3. The van der Waals surface area contributed by atoms with Gasteiger partial charge in [-0.25, -0.2) is 4.39 Å². The first-order chi connectivity index (χ1) is 11.1. The van der Waals surface area contributed by atoms with E-state index < -0.39 is 0 Å². The van der Waals surface area contributed by atoms with E-state index in [1.807, 2.05) is 26.0 Å². The number of hydrogen-bond acceptors (Lipinski definition) is 2. The second-order valence-corrected chi connectivity index (χ2v) is 5.84. The number of amidine groups is 1. The summed E-state index contributed by atoms with van der Waals surface area (Å²) in [6, 6.07) is 7.09. The van der Waals surface area contributed by atoms with Gasteiger partial charge < -0.3 is 10.2 Å². The molecule has 2 radical (unpaired) electrons. The lowest BCUT2D eigenvalue weighted by molar-refractivity contribution is 0.472. The van der Waals surface area contributed by atoms with Crippen LogP contribution in [0, 0.1) is 5.82 Å². The predicted octanol–water partition coefficient (Wildman–Crippen LogP) is 3.26. The van der Waals surface area contributed by atoms with Crippen molar-refractivity contribution >= 4 is 19.4 Å². The molecule has 0 amide bonds. The third-order valence-corrected chi connectivity index (χ3v) is 4.01. The summed E-state index contributed by atoms with van der Waals surface area (Å²) in [6.07, 6.45) is 4.88. The summed E-state index contributed by atoms with van der Waals surface area (Å²) in [4.78, 5) is 6.71. The van der Waals surface area contributed by atoms with Crippen molar-refractivity contribution in [2.24, 2.45) is 4.99 Å². The molecule has 0 saturated carbocycles. The molecule has 122 valence electrons. The predicted molar refractivity (Wildman–Crippen MR) is 96.9 cm³/mol. The molecule has 2 rings (SSSR count). The van der Waals surface area contributed by atoms with E-state index in [1.54, 1.807) is 12.1 Å². The van der Waals surface area contributed by atoms with Crippen molar-refractivity contribution in [1.29, 1.82) is 0 Å². The Morgan fingerprint density at radius 1 is 1.48 bits per heavy atom. The van der Waals surface area contributed by atoms with Gasteiger partial charge in [0.15, 0.2) is 0 Å². The number of rotatable bonds is 5. The van der Waals surface area contributed by atoms with Gasteiger partial charge in [-0.2, -0.15) is 0 Å². The third-order valence-electron chi connectivity index (χ3n) is 4.01. The van der Waals surface area contributed by atoms with E-state index in [0.29, 0.717) is 6.04 Å². The van der Waals surface area contributed by atoms with Gasteiger partial charge in [0.1, 0.15) is 19.5 Å². The van der Waals surface area contributed by atoms with E-state index in [4.69, 9.17) is 7.85 Å². The minimum atomic E-state index is -0.190. The molecule has 0 aliphatic carbocycles. The number of halogens is 1. The average Bonchev–Trinajstić information content (AvgIpc) is 2.55. The van der Waals surface area contributed by atoms with Crippen LogP contribution >= 0.6 is 0 Å².